The molecule has 1 atom stereocenters. The number of carboxylic acids is 1. The summed E-state index contributed by atoms with van der Waals surface area (Å²) >= 11 is 0. The molecule has 19 heavy (non-hydrogen) atoms. The molecule has 0 heterocycles. The molecular formula is C14H24N2O3. The van der Waals surface area contributed by atoms with Crippen LogP contribution < -0.4 is 10.6 Å². The topological polar surface area (TPSA) is 78.4 Å². The molecule has 0 spiro atoms. The van der Waals surface area contributed by atoms with Gasteiger partial charge in [0.05, 0.1) is 12.0 Å². The molecule has 2 fully saturated rings. The molecule has 2 aliphatic rings. The maximum atomic E-state index is 11.9. The predicted octanol–water partition coefficient (Wildman–Crippen LogP) is 2.12. The first-order valence-electron chi connectivity index (χ1n) is 7.29. The molecule has 0 saturated heterocycles. The predicted molar refractivity (Wildman–Crippen MR) is 71.9 cm³/mol. The molecule has 0 aromatic carbocycles. The van der Waals surface area contributed by atoms with Gasteiger partial charge in [0.15, 0.2) is 0 Å². The molecule has 5 nitrogen and oxygen atoms in total. The molecule has 1 unspecified atom stereocenters. The Morgan fingerprint density at radius 2 is 1.95 bits per heavy atom. The van der Waals surface area contributed by atoms with Gasteiger partial charge in [0, 0.05) is 6.54 Å². The van der Waals surface area contributed by atoms with Gasteiger partial charge < -0.3 is 15.7 Å². The number of hydrogen-bond acceptors (Lipinski definition) is 2. The Bertz CT molecular complexity index is 347. The smallest absolute Gasteiger partial charge is 0.315 e. The third-order valence-electron chi connectivity index (χ3n) is 4.44. The van der Waals surface area contributed by atoms with E-state index in [1.807, 2.05) is 0 Å². The van der Waals surface area contributed by atoms with Crippen LogP contribution in [0.4, 0.5) is 4.79 Å². The lowest BCUT2D eigenvalue weighted by atomic mass is 9.93. The van der Waals surface area contributed by atoms with Crippen molar-refractivity contribution in [3.8, 4) is 0 Å². The van der Waals surface area contributed by atoms with Gasteiger partial charge in [0.25, 0.3) is 0 Å². The molecule has 2 amide bonds. The Kier molecular flexibility index (Phi) is 4.32. The van der Waals surface area contributed by atoms with Crippen molar-refractivity contribution in [2.45, 2.75) is 57.4 Å². The summed E-state index contributed by atoms with van der Waals surface area (Å²) in [6, 6.07) is -0.212. The minimum atomic E-state index is -0.839. The highest BCUT2D eigenvalue weighted by molar-refractivity contribution is 5.76. The van der Waals surface area contributed by atoms with E-state index < -0.39 is 11.5 Å². The van der Waals surface area contributed by atoms with Crippen LogP contribution in [0.2, 0.25) is 0 Å². The van der Waals surface area contributed by atoms with Gasteiger partial charge in [-0.2, -0.15) is 0 Å². The van der Waals surface area contributed by atoms with E-state index in [0.717, 1.165) is 31.6 Å². The summed E-state index contributed by atoms with van der Waals surface area (Å²) in [5.41, 5.74) is -0.529. The summed E-state index contributed by atoms with van der Waals surface area (Å²) in [5, 5.41) is 14.8. The summed E-state index contributed by atoms with van der Waals surface area (Å²) in [6.45, 7) is 2.83. The van der Waals surface area contributed by atoms with Crippen molar-refractivity contribution in [1.29, 1.82) is 0 Å². The van der Waals surface area contributed by atoms with Crippen LogP contribution in [0.3, 0.4) is 0 Å². The SMILES string of the molecule is CC(CNC(=O)NC1(CC(=O)O)CCCC1)C1CC1. The van der Waals surface area contributed by atoms with E-state index in [2.05, 4.69) is 17.6 Å². The van der Waals surface area contributed by atoms with Gasteiger partial charge >= 0.3 is 12.0 Å². The molecule has 2 aliphatic carbocycles. The van der Waals surface area contributed by atoms with E-state index in [0.29, 0.717) is 12.5 Å². The van der Waals surface area contributed by atoms with Crippen LogP contribution in [0.15, 0.2) is 0 Å². The number of hydrogen-bond donors (Lipinski definition) is 3. The molecule has 0 aromatic rings. The van der Waals surface area contributed by atoms with Crippen LogP contribution in [0.5, 0.6) is 0 Å². The Morgan fingerprint density at radius 3 is 2.47 bits per heavy atom. The first kappa shape index (κ1) is 14.2. The summed E-state index contributed by atoms with van der Waals surface area (Å²) in [6.07, 6.45) is 6.09. The molecule has 3 N–H and O–H groups in total. The zero-order valence-electron chi connectivity index (χ0n) is 11.6. The number of nitrogens with one attached hydrogen (secondary N) is 2. The molecule has 0 radical (unpaired) electrons. The standard InChI is InChI=1S/C14H24N2O3/c1-10(11-4-5-11)9-15-13(19)16-14(8-12(17)18)6-2-3-7-14/h10-11H,2-9H2,1H3,(H,17,18)(H2,15,16,19). The van der Waals surface area contributed by atoms with E-state index in [-0.39, 0.29) is 12.5 Å². The van der Waals surface area contributed by atoms with Crippen LogP contribution in [-0.4, -0.2) is 29.2 Å². The van der Waals surface area contributed by atoms with Crippen molar-refractivity contribution >= 4 is 12.0 Å². The fraction of sp³-hybridized carbons (Fsp3) is 0.857. The van der Waals surface area contributed by atoms with E-state index >= 15 is 0 Å². The Balaban J connectivity index is 1.79. The quantitative estimate of drug-likeness (QED) is 0.690. The fourth-order valence-electron chi connectivity index (χ4n) is 3.06. The van der Waals surface area contributed by atoms with Crippen LogP contribution in [-0.2, 0) is 4.79 Å². The minimum absolute atomic E-state index is 0.0264. The fourth-order valence-corrected chi connectivity index (χ4v) is 3.06. The van der Waals surface area contributed by atoms with E-state index in [1.54, 1.807) is 0 Å². The van der Waals surface area contributed by atoms with Crippen LogP contribution in [0.1, 0.15) is 51.9 Å². The zero-order chi connectivity index (χ0) is 13.9. The summed E-state index contributed by atoms with van der Waals surface area (Å²) < 4.78 is 0. The molecule has 2 saturated carbocycles. The maximum Gasteiger partial charge on any atom is 0.315 e. The number of carboxylic acid groups (broad SMARTS) is 1. The average Bonchev–Trinajstić information content (AvgIpc) is 3.09. The third kappa shape index (κ3) is 4.11. The highest BCUT2D eigenvalue weighted by Crippen LogP contribution is 2.36. The zero-order valence-corrected chi connectivity index (χ0v) is 11.6. The van der Waals surface area contributed by atoms with Gasteiger partial charge in [0.2, 0.25) is 0 Å². The first-order valence-corrected chi connectivity index (χ1v) is 7.29. The van der Waals surface area contributed by atoms with Gasteiger partial charge in [-0.15, -0.1) is 0 Å². The molecule has 0 aromatic heterocycles. The van der Waals surface area contributed by atoms with Crippen molar-refractivity contribution in [2.75, 3.05) is 6.54 Å². The van der Waals surface area contributed by atoms with Crippen LogP contribution in [0.25, 0.3) is 0 Å². The van der Waals surface area contributed by atoms with Gasteiger partial charge in [-0.05, 0) is 37.5 Å². The van der Waals surface area contributed by atoms with Crippen molar-refractivity contribution < 1.29 is 14.7 Å². The largest absolute Gasteiger partial charge is 0.481 e. The van der Waals surface area contributed by atoms with E-state index in [4.69, 9.17) is 5.11 Å². The van der Waals surface area contributed by atoms with E-state index in [1.165, 1.54) is 12.8 Å². The van der Waals surface area contributed by atoms with Crippen molar-refractivity contribution in [3.63, 3.8) is 0 Å². The highest BCUT2D eigenvalue weighted by atomic mass is 16.4. The molecule has 5 heteroatoms. The maximum absolute atomic E-state index is 11.9. The van der Waals surface area contributed by atoms with Gasteiger partial charge in [-0.3, -0.25) is 4.79 Å². The second-order valence-electron chi connectivity index (χ2n) is 6.21. The Labute approximate surface area is 114 Å². The average molecular weight is 268 g/mol. The molecule has 0 aliphatic heterocycles. The summed E-state index contributed by atoms with van der Waals surface area (Å²) in [4.78, 5) is 22.9. The van der Waals surface area contributed by atoms with Crippen molar-refractivity contribution in [3.05, 3.63) is 0 Å². The summed E-state index contributed by atoms with van der Waals surface area (Å²) in [7, 11) is 0. The Morgan fingerprint density at radius 1 is 1.32 bits per heavy atom. The Hall–Kier alpha value is -1.26. The van der Waals surface area contributed by atoms with Crippen LogP contribution in [0, 0.1) is 11.8 Å². The van der Waals surface area contributed by atoms with Crippen molar-refractivity contribution in [2.24, 2.45) is 11.8 Å². The number of urea groups is 1. The first-order chi connectivity index (χ1) is 9.01. The number of aliphatic carboxylic acids is 1. The normalized spacial score (nSPS) is 22.8. The number of carbonyl (C=O) groups excluding carboxylic acids is 1. The number of amides is 2. The van der Waals surface area contributed by atoms with Gasteiger partial charge in [-0.25, -0.2) is 4.79 Å². The lowest BCUT2D eigenvalue weighted by Gasteiger charge is -2.29. The third-order valence-corrected chi connectivity index (χ3v) is 4.44. The number of carbonyl (C=O) groups is 2. The van der Waals surface area contributed by atoms with Gasteiger partial charge in [0.1, 0.15) is 0 Å². The van der Waals surface area contributed by atoms with Crippen molar-refractivity contribution in [1.82, 2.24) is 10.6 Å². The second-order valence-corrected chi connectivity index (χ2v) is 6.21. The lowest BCUT2D eigenvalue weighted by molar-refractivity contribution is -0.138. The molecule has 2 rings (SSSR count). The van der Waals surface area contributed by atoms with E-state index in [9.17, 15) is 9.59 Å². The molecule has 0 bridgehead atoms. The summed E-state index contributed by atoms with van der Waals surface area (Å²) in [5.74, 6) is 0.443. The second kappa shape index (κ2) is 5.80. The number of rotatable bonds is 6. The van der Waals surface area contributed by atoms with Gasteiger partial charge in [-0.1, -0.05) is 19.8 Å². The monoisotopic (exact) mass is 268 g/mol. The van der Waals surface area contributed by atoms with Crippen LogP contribution >= 0.6 is 0 Å². The minimum Gasteiger partial charge on any atom is -0.481 e. The molecular weight excluding hydrogens is 244 g/mol. The molecule has 108 valence electrons. The lowest BCUT2D eigenvalue weighted by Crippen LogP contribution is -2.52. The highest BCUT2D eigenvalue weighted by Gasteiger charge is 2.37.